The number of amides is 2. The van der Waals surface area contributed by atoms with Crippen LogP contribution in [0.25, 0.3) is 10.4 Å². The second-order valence-electron chi connectivity index (χ2n) is 18.8. The van der Waals surface area contributed by atoms with Crippen LogP contribution < -0.4 is 5.32 Å². The molecule has 0 bridgehead atoms. The summed E-state index contributed by atoms with van der Waals surface area (Å²) in [4.78, 5) is 51.4. The summed E-state index contributed by atoms with van der Waals surface area (Å²) in [5, 5.41) is 14.2. The molecule has 0 spiro atoms. The van der Waals surface area contributed by atoms with E-state index in [4.69, 9.17) is 4.74 Å². The van der Waals surface area contributed by atoms with Crippen LogP contribution in [0.1, 0.15) is 136 Å². The van der Waals surface area contributed by atoms with Gasteiger partial charge in [0, 0.05) is 13.0 Å². The summed E-state index contributed by atoms with van der Waals surface area (Å²) in [7, 11) is 0. The Morgan fingerprint density at radius 1 is 0.945 bits per heavy atom. The number of hydrogen-bond acceptors (Lipinski definition) is 7. The molecule has 6 atom stereocenters. The van der Waals surface area contributed by atoms with E-state index in [0.717, 1.165) is 65.8 Å². The van der Waals surface area contributed by atoms with Gasteiger partial charge in [-0.15, -0.1) is 11.3 Å². The summed E-state index contributed by atoms with van der Waals surface area (Å²) in [5.41, 5.74) is 4.12. The number of carbonyl (C=O) groups excluding carboxylic acids is 3. The lowest BCUT2D eigenvalue weighted by atomic mass is 9.57. The second-order valence-corrected chi connectivity index (χ2v) is 19.6. The maximum absolute atomic E-state index is 15.3. The first-order chi connectivity index (χ1) is 25.9. The van der Waals surface area contributed by atoms with Gasteiger partial charge in [0.05, 0.1) is 39.6 Å². The molecule has 0 radical (unpaired) electrons. The van der Waals surface area contributed by atoms with Crippen molar-refractivity contribution in [1.82, 2.24) is 15.2 Å². The molecule has 5 rings (SSSR count). The molecule has 2 heterocycles. The van der Waals surface area contributed by atoms with Crippen molar-refractivity contribution in [3.8, 4) is 10.4 Å². The number of thiazole rings is 1. The van der Waals surface area contributed by atoms with Gasteiger partial charge < -0.3 is 20.1 Å². The third-order valence-electron chi connectivity index (χ3n) is 12.9. The van der Waals surface area contributed by atoms with Gasteiger partial charge in [-0.1, -0.05) is 129 Å². The molecular weight excluding hydrogens is 707 g/mol. The van der Waals surface area contributed by atoms with E-state index in [1.54, 1.807) is 16.2 Å². The van der Waals surface area contributed by atoms with Gasteiger partial charge in [-0.05, 0) is 72.5 Å². The Bertz CT molecular complexity index is 1760. The molecule has 1 aliphatic heterocycles. The largest absolute Gasteiger partial charge is 0.460 e. The van der Waals surface area contributed by atoms with Gasteiger partial charge in [0.15, 0.2) is 0 Å². The van der Waals surface area contributed by atoms with E-state index in [0.29, 0.717) is 12.8 Å². The van der Waals surface area contributed by atoms with Crippen LogP contribution in [-0.4, -0.2) is 51.5 Å². The first-order valence-corrected chi connectivity index (χ1v) is 21.2. The minimum Gasteiger partial charge on any atom is -0.460 e. The molecule has 2 amide bonds. The van der Waals surface area contributed by atoms with E-state index in [1.165, 1.54) is 0 Å². The predicted molar refractivity (Wildman–Crippen MR) is 221 cm³/mol. The predicted octanol–water partition coefficient (Wildman–Crippen LogP) is 9.84. The van der Waals surface area contributed by atoms with Crippen LogP contribution in [-0.2, 0) is 25.7 Å². The number of aromatic nitrogens is 1. The molecule has 3 aromatic rings. The SMILES string of the molecule is Cc1ncsc1-c1ccc([C@H](C)NC(=O)[C@@H]2C[C@@H](O)CN2C(=O)[C@H](C(C)(C)C)C2(C(=O)OCc3ccccc3)CCCCCC(C)(C(C)(C)C)CCC2)cc1. The standard InChI is InChI=1S/C46H65N3O5S/c1-31(34-19-21-35(22-20-34)38-32(2)47-30-55-38)48-40(51)37-27-36(50)28-49(37)41(52)39(43(3,4)5)46(42(53)54-29-33-17-12-10-13-18-33)25-15-11-14-23-45(9,24-16-26-46)44(6,7)8/h10,12-13,17-22,30-31,36-37,39,50H,11,14-16,23-29H2,1-9H3,(H,48,51)/t31-,36+,37-,39+,45?,46?/m0/s1. The lowest BCUT2D eigenvalue weighted by molar-refractivity contribution is -0.174. The number of rotatable bonds is 9. The highest BCUT2D eigenvalue weighted by Crippen LogP contribution is 2.53. The zero-order valence-corrected chi connectivity index (χ0v) is 35.6. The van der Waals surface area contributed by atoms with Crippen LogP contribution in [0.15, 0.2) is 60.1 Å². The van der Waals surface area contributed by atoms with Crippen molar-refractivity contribution >= 4 is 29.1 Å². The Kier molecular flexibility index (Phi) is 13.4. The van der Waals surface area contributed by atoms with Gasteiger partial charge in [-0.2, -0.15) is 0 Å². The van der Waals surface area contributed by atoms with Crippen molar-refractivity contribution in [2.45, 2.75) is 145 Å². The lowest BCUT2D eigenvalue weighted by Crippen LogP contribution is -2.56. The molecule has 9 heteroatoms. The number of likely N-dealkylation sites (tertiary alicyclic amines) is 1. The fraction of sp³-hybridized carbons (Fsp3) is 0.609. The van der Waals surface area contributed by atoms with Gasteiger partial charge in [0.25, 0.3) is 0 Å². The average molecular weight is 772 g/mol. The number of aliphatic hydroxyl groups excluding tert-OH is 1. The minimum atomic E-state index is -1.11. The monoisotopic (exact) mass is 771 g/mol. The number of nitrogens with one attached hydrogen (secondary N) is 1. The van der Waals surface area contributed by atoms with Crippen LogP contribution in [0.4, 0.5) is 0 Å². The van der Waals surface area contributed by atoms with Gasteiger partial charge in [0.2, 0.25) is 11.8 Å². The smallest absolute Gasteiger partial charge is 0.313 e. The number of aryl methyl sites for hydroxylation is 1. The van der Waals surface area contributed by atoms with Gasteiger partial charge in [-0.25, -0.2) is 4.98 Å². The number of benzene rings is 2. The van der Waals surface area contributed by atoms with Crippen LogP contribution >= 0.6 is 11.3 Å². The second kappa shape index (κ2) is 17.3. The van der Waals surface area contributed by atoms with Crippen LogP contribution in [0, 0.1) is 34.5 Å². The summed E-state index contributed by atoms with van der Waals surface area (Å²) >= 11 is 1.60. The fourth-order valence-electron chi connectivity index (χ4n) is 9.21. The molecule has 8 nitrogen and oxygen atoms in total. The summed E-state index contributed by atoms with van der Waals surface area (Å²) < 4.78 is 6.24. The molecule has 2 unspecified atom stereocenters. The normalized spacial score (nSPS) is 25.2. The van der Waals surface area contributed by atoms with E-state index < -0.39 is 28.9 Å². The van der Waals surface area contributed by atoms with Crippen LogP contribution in [0.5, 0.6) is 0 Å². The van der Waals surface area contributed by atoms with Crippen molar-refractivity contribution in [2.75, 3.05) is 6.54 Å². The fourth-order valence-corrected chi connectivity index (χ4v) is 10.0. The summed E-state index contributed by atoms with van der Waals surface area (Å²) in [5.74, 6) is -1.67. The van der Waals surface area contributed by atoms with E-state index >= 15 is 4.79 Å². The highest BCUT2D eigenvalue weighted by Gasteiger charge is 2.57. The number of esters is 1. The van der Waals surface area contributed by atoms with Gasteiger partial charge in [-0.3, -0.25) is 14.4 Å². The number of ether oxygens (including phenoxy) is 1. The van der Waals surface area contributed by atoms with Gasteiger partial charge >= 0.3 is 5.97 Å². The quantitative estimate of drug-likeness (QED) is 0.210. The molecule has 2 fully saturated rings. The van der Waals surface area contributed by atoms with Gasteiger partial charge in [0.1, 0.15) is 12.6 Å². The number of β-amino-alcohol motifs (C(OH)–C–C–N with tert-alkyl or cyclic N) is 1. The number of hydrogen-bond donors (Lipinski definition) is 2. The van der Waals surface area contributed by atoms with Crippen molar-refractivity contribution in [1.29, 1.82) is 0 Å². The lowest BCUT2D eigenvalue weighted by Gasteiger charge is -2.48. The molecule has 1 aliphatic carbocycles. The molecule has 300 valence electrons. The highest BCUT2D eigenvalue weighted by molar-refractivity contribution is 7.13. The minimum absolute atomic E-state index is 0.0397. The average Bonchev–Trinajstić information content (AvgIpc) is 3.74. The molecule has 1 aromatic heterocycles. The van der Waals surface area contributed by atoms with Crippen molar-refractivity contribution in [3.63, 3.8) is 0 Å². The number of nitrogens with zero attached hydrogens (tertiary/aromatic N) is 2. The molecule has 55 heavy (non-hydrogen) atoms. The van der Waals surface area contributed by atoms with Crippen molar-refractivity contribution in [2.24, 2.45) is 27.6 Å². The first kappa shape index (κ1) is 42.6. The highest BCUT2D eigenvalue weighted by atomic mass is 32.1. The number of carbonyl (C=O) groups is 3. The Morgan fingerprint density at radius 3 is 2.20 bits per heavy atom. The van der Waals surface area contributed by atoms with E-state index in [1.807, 2.05) is 94.7 Å². The molecule has 1 saturated carbocycles. The Balaban J connectivity index is 1.45. The molecule has 2 aromatic carbocycles. The summed E-state index contributed by atoms with van der Waals surface area (Å²) in [6.07, 6.45) is 5.99. The third kappa shape index (κ3) is 9.70. The van der Waals surface area contributed by atoms with E-state index in [9.17, 15) is 14.7 Å². The molecule has 1 saturated heterocycles. The zero-order valence-electron chi connectivity index (χ0n) is 34.7. The zero-order chi connectivity index (χ0) is 40.2. The van der Waals surface area contributed by atoms with Crippen LogP contribution in [0.3, 0.4) is 0 Å². The Labute approximate surface area is 333 Å². The van der Waals surface area contributed by atoms with E-state index in [2.05, 4.69) is 38.0 Å². The Hall–Kier alpha value is -3.56. The molecular formula is C46H65N3O5S. The van der Waals surface area contributed by atoms with Crippen molar-refractivity contribution < 1.29 is 24.2 Å². The third-order valence-corrected chi connectivity index (χ3v) is 13.9. The van der Waals surface area contributed by atoms with E-state index in [-0.39, 0.29) is 54.2 Å². The Morgan fingerprint density at radius 2 is 1.58 bits per heavy atom. The maximum atomic E-state index is 15.3. The van der Waals surface area contributed by atoms with Crippen LogP contribution in [0.2, 0.25) is 0 Å². The topological polar surface area (TPSA) is 109 Å². The molecule has 2 N–H and O–H groups in total. The first-order valence-electron chi connectivity index (χ1n) is 20.4. The van der Waals surface area contributed by atoms with Crippen molar-refractivity contribution in [3.05, 3.63) is 76.9 Å². The summed E-state index contributed by atoms with van der Waals surface area (Å²) in [6.45, 7) is 19.5. The summed E-state index contributed by atoms with van der Waals surface area (Å²) in [6, 6.07) is 16.6. The maximum Gasteiger partial charge on any atom is 0.313 e. The number of aliphatic hydroxyl groups is 1. The molecule has 2 aliphatic rings.